The number of nitrogens with two attached hydrogens (primary N) is 2. The molecule has 0 spiro atoms. The second-order valence-corrected chi connectivity index (χ2v) is 3.88. The maximum atomic E-state index is 5.23. The van der Waals surface area contributed by atoms with Gasteiger partial charge in [-0.2, -0.15) is 0 Å². The van der Waals surface area contributed by atoms with Crippen LogP contribution in [0.1, 0.15) is 40.0 Å². The number of aliphatic imine (C=N–C) groups is 1. The van der Waals surface area contributed by atoms with Gasteiger partial charge in [0.15, 0.2) is 5.96 Å². The van der Waals surface area contributed by atoms with Gasteiger partial charge in [0.25, 0.3) is 0 Å². The van der Waals surface area contributed by atoms with E-state index in [0.29, 0.717) is 12.1 Å². The molecule has 0 aromatic carbocycles. The number of hydrogen-bond donors (Lipinski definition) is 3. The van der Waals surface area contributed by atoms with Gasteiger partial charge in [-0.25, -0.2) is 0 Å². The molecule has 0 aliphatic rings. The molecule has 4 heteroatoms. The quantitative estimate of drug-likeness (QED) is 0.323. The first-order chi connectivity index (χ1) is 6.56. The number of rotatable bonds is 7. The molecule has 1 atom stereocenters. The Balaban J connectivity index is 3.57. The fraction of sp³-hybridized carbons (Fsp3) is 0.900. The van der Waals surface area contributed by atoms with E-state index in [-0.39, 0.29) is 5.96 Å². The summed E-state index contributed by atoms with van der Waals surface area (Å²) < 4.78 is 0. The molecule has 4 nitrogen and oxygen atoms in total. The van der Waals surface area contributed by atoms with E-state index in [0.717, 1.165) is 25.8 Å². The first kappa shape index (κ1) is 13.2. The van der Waals surface area contributed by atoms with Crippen LogP contribution in [0.15, 0.2) is 4.99 Å². The van der Waals surface area contributed by atoms with Crippen molar-refractivity contribution in [2.45, 2.75) is 52.1 Å². The van der Waals surface area contributed by atoms with Crippen molar-refractivity contribution in [1.82, 2.24) is 5.32 Å². The second kappa shape index (κ2) is 7.62. The topological polar surface area (TPSA) is 76.4 Å². The third-order valence-electron chi connectivity index (χ3n) is 2.07. The highest BCUT2D eigenvalue weighted by Crippen LogP contribution is 2.02. The van der Waals surface area contributed by atoms with Gasteiger partial charge >= 0.3 is 0 Å². The van der Waals surface area contributed by atoms with Crippen molar-refractivity contribution in [2.75, 3.05) is 6.54 Å². The Morgan fingerprint density at radius 2 is 2.00 bits per heavy atom. The van der Waals surface area contributed by atoms with E-state index in [9.17, 15) is 0 Å². The molecule has 0 radical (unpaired) electrons. The summed E-state index contributed by atoms with van der Waals surface area (Å²) >= 11 is 0. The SMILES string of the molecule is CC[C@H](CCCN=C(N)N)NC(C)C. The maximum absolute atomic E-state index is 5.23. The van der Waals surface area contributed by atoms with Crippen molar-refractivity contribution in [3.8, 4) is 0 Å². The van der Waals surface area contributed by atoms with Gasteiger partial charge < -0.3 is 16.8 Å². The molecule has 0 aliphatic heterocycles. The van der Waals surface area contributed by atoms with Gasteiger partial charge in [0.1, 0.15) is 0 Å². The van der Waals surface area contributed by atoms with E-state index in [4.69, 9.17) is 11.5 Å². The minimum absolute atomic E-state index is 0.190. The van der Waals surface area contributed by atoms with Crippen LogP contribution in [0.4, 0.5) is 0 Å². The van der Waals surface area contributed by atoms with E-state index in [1.807, 2.05) is 0 Å². The Bertz CT molecular complexity index is 162. The van der Waals surface area contributed by atoms with E-state index in [1.54, 1.807) is 0 Å². The lowest BCUT2D eigenvalue weighted by molar-refractivity contribution is 0.421. The molecular weight excluding hydrogens is 176 g/mol. The van der Waals surface area contributed by atoms with E-state index < -0.39 is 0 Å². The smallest absolute Gasteiger partial charge is 0.185 e. The largest absolute Gasteiger partial charge is 0.370 e. The number of nitrogens with zero attached hydrogens (tertiary/aromatic N) is 1. The van der Waals surface area contributed by atoms with Crippen LogP contribution in [-0.4, -0.2) is 24.6 Å². The van der Waals surface area contributed by atoms with Gasteiger partial charge in [-0.05, 0) is 19.3 Å². The molecule has 0 aliphatic carbocycles. The van der Waals surface area contributed by atoms with Gasteiger partial charge in [-0.3, -0.25) is 4.99 Å². The molecule has 0 unspecified atom stereocenters. The van der Waals surface area contributed by atoms with Crippen LogP contribution in [-0.2, 0) is 0 Å². The highest BCUT2D eigenvalue weighted by molar-refractivity contribution is 5.75. The van der Waals surface area contributed by atoms with Crippen LogP contribution in [0.5, 0.6) is 0 Å². The number of nitrogens with one attached hydrogen (secondary N) is 1. The molecule has 0 aromatic rings. The fourth-order valence-corrected chi connectivity index (χ4v) is 1.42. The van der Waals surface area contributed by atoms with Gasteiger partial charge in [0.2, 0.25) is 0 Å². The highest BCUT2D eigenvalue weighted by atomic mass is 15.0. The van der Waals surface area contributed by atoms with E-state index >= 15 is 0 Å². The van der Waals surface area contributed by atoms with Gasteiger partial charge in [0, 0.05) is 18.6 Å². The first-order valence-corrected chi connectivity index (χ1v) is 5.37. The molecule has 0 saturated heterocycles. The zero-order chi connectivity index (χ0) is 11.0. The lowest BCUT2D eigenvalue weighted by atomic mass is 10.1. The fourth-order valence-electron chi connectivity index (χ4n) is 1.42. The number of hydrogen-bond acceptors (Lipinski definition) is 2. The van der Waals surface area contributed by atoms with Gasteiger partial charge in [-0.15, -0.1) is 0 Å². The predicted molar refractivity (Wildman–Crippen MR) is 62.3 cm³/mol. The molecule has 0 aromatic heterocycles. The van der Waals surface area contributed by atoms with Crippen molar-refractivity contribution < 1.29 is 0 Å². The van der Waals surface area contributed by atoms with E-state index in [2.05, 4.69) is 31.1 Å². The maximum Gasteiger partial charge on any atom is 0.185 e. The Hall–Kier alpha value is -0.770. The minimum atomic E-state index is 0.190. The van der Waals surface area contributed by atoms with E-state index in [1.165, 1.54) is 0 Å². The summed E-state index contributed by atoms with van der Waals surface area (Å²) in [4.78, 5) is 3.95. The summed E-state index contributed by atoms with van der Waals surface area (Å²) in [5, 5.41) is 3.51. The first-order valence-electron chi connectivity index (χ1n) is 5.37. The molecule has 14 heavy (non-hydrogen) atoms. The highest BCUT2D eigenvalue weighted by Gasteiger charge is 2.06. The molecular formula is C10H24N4. The summed E-state index contributed by atoms with van der Waals surface area (Å²) in [6.07, 6.45) is 3.32. The number of guanidine groups is 1. The Morgan fingerprint density at radius 3 is 2.43 bits per heavy atom. The van der Waals surface area contributed by atoms with Crippen molar-refractivity contribution in [1.29, 1.82) is 0 Å². The molecule has 0 saturated carbocycles. The molecule has 5 N–H and O–H groups in total. The lowest BCUT2D eigenvalue weighted by Crippen LogP contribution is -2.34. The molecule has 0 heterocycles. The molecule has 0 fully saturated rings. The Morgan fingerprint density at radius 1 is 1.36 bits per heavy atom. The average Bonchev–Trinajstić information content (AvgIpc) is 2.09. The second-order valence-electron chi connectivity index (χ2n) is 3.88. The van der Waals surface area contributed by atoms with Crippen LogP contribution in [0.3, 0.4) is 0 Å². The normalized spacial score (nSPS) is 12.9. The van der Waals surface area contributed by atoms with Crippen molar-refractivity contribution in [2.24, 2.45) is 16.5 Å². The summed E-state index contributed by atoms with van der Waals surface area (Å²) in [6, 6.07) is 1.13. The van der Waals surface area contributed by atoms with Crippen molar-refractivity contribution >= 4 is 5.96 Å². The van der Waals surface area contributed by atoms with Gasteiger partial charge in [0.05, 0.1) is 0 Å². The van der Waals surface area contributed by atoms with Crippen molar-refractivity contribution in [3.63, 3.8) is 0 Å². The van der Waals surface area contributed by atoms with Gasteiger partial charge in [-0.1, -0.05) is 20.8 Å². The third-order valence-corrected chi connectivity index (χ3v) is 2.07. The summed E-state index contributed by atoms with van der Waals surface area (Å²) in [5.41, 5.74) is 10.5. The Labute approximate surface area is 87.1 Å². The molecule has 0 rings (SSSR count). The van der Waals surface area contributed by atoms with Crippen LogP contribution in [0.25, 0.3) is 0 Å². The van der Waals surface area contributed by atoms with Crippen molar-refractivity contribution in [3.05, 3.63) is 0 Å². The molecule has 84 valence electrons. The van der Waals surface area contributed by atoms with Crippen LogP contribution >= 0.6 is 0 Å². The third kappa shape index (κ3) is 7.86. The monoisotopic (exact) mass is 200 g/mol. The zero-order valence-electron chi connectivity index (χ0n) is 9.59. The van der Waals surface area contributed by atoms with Crippen LogP contribution < -0.4 is 16.8 Å². The summed E-state index contributed by atoms with van der Waals surface area (Å²) in [7, 11) is 0. The minimum Gasteiger partial charge on any atom is -0.370 e. The van der Waals surface area contributed by atoms with Crippen LogP contribution in [0, 0.1) is 0 Å². The Kier molecular flexibility index (Phi) is 7.20. The zero-order valence-corrected chi connectivity index (χ0v) is 9.59. The predicted octanol–water partition coefficient (Wildman–Crippen LogP) is 0.817. The molecule has 0 amide bonds. The molecule has 0 bridgehead atoms. The lowest BCUT2D eigenvalue weighted by Gasteiger charge is -2.19. The summed E-state index contributed by atoms with van der Waals surface area (Å²) in [5.74, 6) is 0.190. The average molecular weight is 200 g/mol. The van der Waals surface area contributed by atoms with Crippen LogP contribution in [0.2, 0.25) is 0 Å². The summed E-state index contributed by atoms with van der Waals surface area (Å²) in [6.45, 7) is 7.26. The standard InChI is InChI=1S/C10H24N4/c1-4-9(14-8(2)3)6-5-7-13-10(11)12/h8-9,14H,4-7H2,1-3H3,(H4,11,12,13)/t9-/m1/s1.